The summed E-state index contributed by atoms with van der Waals surface area (Å²) in [5.41, 5.74) is 0.729. The van der Waals surface area contributed by atoms with Crippen molar-refractivity contribution in [2.24, 2.45) is 4.99 Å². The minimum Gasteiger partial charge on any atom is -0.504 e. The van der Waals surface area contributed by atoms with Crippen LogP contribution in [0.1, 0.15) is 26.3 Å². The number of aromatic hydroxyl groups is 1. The zero-order valence-electron chi connectivity index (χ0n) is 16.7. The molecule has 2 rings (SSSR count). The number of morpholine rings is 1. The molecule has 1 aliphatic rings. The zero-order valence-corrected chi connectivity index (χ0v) is 19.1. The van der Waals surface area contributed by atoms with Gasteiger partial charge in [0.15, 0.2) is 17.5 Å². The first-order chi connectivity index (χ1) is 12.5. The van der Waals surface area contributed by atoms with Gasteiger partial charge in [-0.25, -0.2) is 4.99 Å². The minimum atomic E-state index is -0.00191. The third-order valence-electron chi connectivity index (χ3n) is 4.61. The number of para-hydroxylation sites is 1. The van der Waals surface area contributed by atoms with Crippen LogP contribution in [0.4, 0.5) is 0 Å². The van der Waals surface area contributed by atoms with Gasteiger partial charge in [-0.05, 0) is 26.8 Å². The van der Waals surface area contributed by atoms with Crippen LogP contribution in [-0.4, -0.2) is 68.0 Å². The van der Waals surface area contributed by atoms with Crippen molar-refractivity contribution in [1.29, 1.82) is 0 Å². The van der Waals surface area contributed by atoms with Gasteiger partial charge in [-0.3, -0.25) is 4.90 Å². The summed E-state index contributed by atoms with van der Waals surface area (Å²) in [7, 11) is 1.54. The van der Waals surface area contributed by atoms with Crippen molar-refractivity contribution in [1.82, 2.24) is 15.5 Å². The van der Waals surface area contributed by atoms with Crippen LogP contribution in [0.2, 0.25) is 0 Å². The summed E-state index contributed by atoms with van der Waals surface area (Å²) in [6.45, 7) is 11.9. The van der Waals surface area contributed by atoms with Crippen molar-refractivity contribution < 1.29 is 14.6 Å². The molecule has 1 aromatic carbocycles. The Morgan fingerprint density at radius 2 is 2.00 bits per heavy atom. The number of halogens is 1. The SMILES string of the molecule is CCNC(=NCc1cccc(OC)c1O)NCC(C)(C)N1CCOCC1.I. The van der Waals surface area contributed by atoms with Gasteiger partial charge in [0.2, 0.25) is 0 Å². The number of methoxy groups -OCH3 is 1. The molecule has 1 saturated heterocycles. The molecule has 1 heterocycles. The number of phenols is 1. The van der Waals surface area contributed by atoms with Gasteiger partial charge in [-0.15, -0.1) is 24.0 Å². The molecule has 0 saturated carbocycles. The predicted octanol–water partition coefficient (Wildman–Crippen LogP) is 2.18. The molecule has 0 bridgehead atoms. The monoisotopic (exact) mass is 492 g/mol. The zero-order chi connectivity index (χ0) is 19.0. The van der Waals surface area contributed by atoms with Crippen LogP contribution < -0.4 is 15.4 Å². The summed E-state index contributed by atoms with van der Waals surface area (Å²) >= 11 is 0. The van der Waals surface area contributed by atoms with Gasteiger partial charge >= 0.3 is 0 Å². The quantitative estimate of drug-likeness (QED) is 0.308. The number of nitrogens with zero attached hydrogens (tertiary/aromatic N) is 2. The van der Waals surface area contributed by atoms with Crippen molar-refractivity contribution in [2.45, 2.75) is 32.9 Å². The van der Waals surface area contributed by atoms with E-state index in [0.29, 0.717) is 12.3 Å². The minimum absolute atomic E-state index is 0. The first-order valence-corrected chi connectivity index (χ1v) is 9.17. The van der Waals surface area contributed by atoms with Gasteiger partial charge in [0.25, 0.3) is 0 Å². The lowest BCUT2D eigenvalue weighted by atomic mass is 10.0. The summed E-state index contributed by atoms with van der Waals surface area (Å²) in [6, 6.07) is 5.44. The molecular formula is C19H33IN4O3. The van der Waals surface area contributed by atoms with Gasteiger partial charge in [0.05, 0.1) is 26.9 Å². The Kier molecular flexibility index (Phi) is 10.2. The number of guanidine groups is 1. The average molecular weight is 492 g/mol. The molecule has 154 valence electrons. The molecule has 1 aliphatic heterocycles. The summed E-state index contributed by atoms with van der Waals surface area (Å²) in [4.78, 5) is 7.04. The van der Waals surface area contributed by atoms with Gasteiger partial charge in [0.1, 0.15) is 0 Å². The maximum absolute atomic E-state index is 10.2. The first kappa shape index (κ1) is 23.8. The van der Waals surface area contributed by atoms with Gasteiger partial charge in [-0.2, -0.15) is 0 Å². The van der Waals surface area contributed by atoms with E-state index in [2.05, 4.69) is 34.4 Å². The molecule has 0 atom stereocenters. The number of nitrogens with one attached hydrogen (secondary N) is 2. The van der Waals surface area contributed by atoms with Crippen LogP contribution >= 0.6 is 24.0 Å². The number of phenolic OH excluding ortho intramolecular Hbond substituents is 1. The van der Waals surface area contributed by atoms with E-state index in [1.807, 2.05) is 19.1 Å². The first-order valence-electron chi connectivity index (χ1n) is 9.17. The third kappa shape index (κ3) is 7.00. The van der Waals surface area contributed by atoms with Crippen LogP contribution in [0.3, 0.4) is 0 Å². The highest BCUT2D eigenvalue weighted by Crippen LogP contribution is 2.29. The molecule has 8 heteroatoms. The van der Waals surface area contributed by atoms with Crippen LogP contribution in [0, 0.1) is 0 Å². The molecule has 1 aromatic rings. The van der Waals surface area contributed by atoms with E-state index in [-0.39, 0.29) is 35.3 Å². The Hall–Kier alpha value is -1.26. The molecule has 0 unspecified atom stereocenters. The summed E-state index contributed by atoms with van der Waals surface area (Å²) in [5, 5.41) is 16.9. The molecule has 0 radical (unpaired) electrons. The number of rotatable bonds is 7. The lowest BCUT2D eigenvalue weighted by Crippen LogP contribution is -2.56. The van der Waals surface area contributed by atoms with Crippen LogP contribution in [0.15, 0.2) is 23.2 Å². The number of benzene rings is 1. The molecule has 0 aromatic heterocycles. The Labute approximate surface area is 179 Å². The number of hydrogen-bond donors (Lipinski definition) is 3. The Bertz CT molecular complexity index is 605. The van der Waals surface area contributed by atoms with Gasteiger partial charge in [0, 0.05) is 37.3 Å². The third-order valence-corrected chi connectivity index (χ3v) is 4.61. The Morgan fingerprint density at radius 3 is 2.63 bits per heavy atom. The Balaban J connectivity index is 0.00000364. The lowest BCUT2D eigenvalue weighted by Gasteiger charge is -2.41. The normalized spacial score (nSPS) is 15.8. The maximum Gasteiger partial charge on any atom is 0.191 e. The van der Waals surface area contributed by atoms with Gasteiger partial charge in [-0.1, -0.05) is 12.1 Å². The largest absolute Gasteiger partial charge is 0.504 e. The highest BCUT2D eigenvalue weighted by Gasteiger charge is 2.28. The molecule has 3 N–H and O–H groups in total. The van der Waals surface area contributed by atoms with Crippen molar-refractivity contribution in [3.05, 3.63) is 23.8 Å². The van der Waals surface area contributed by atoms with Crippen molar-refractivity contribution >= 4 is 29.9 Å². The van der Waals surface area contributed by atoms with E-state index in [1.165, 1.54) is 0 Å². The Morgan fingerprint density at radius 1 is 1.30 bits per heavy atom. The molecule has 0 aliphatic carbocycles. The number of aliphatic imine (C=N–C) groups is 1. The molecule has 7 nitrogen and oxygen atoms in total. The highest BCUT2D eigenvalue weighted by atomic mass is 127. The van der Waals surface area contributed by atoms with E-state index < -0.39 is 0 Å². The van der Waals surface area contributed by atoms with E-state index in [9.17, 15) is 5.11 Å². The summed E-state index contributed by atoms with van der Waals surface area (Å²) < 4.78 is 10.6. The second-order valence-electron chi connectivity index (χ2n) is 6.93. The molecule has 27 heavy (non-hydrogen) atoms. The molecule has 0 amide bonds. The predicted molar refractivity (Wildman–Crippen MR) is 119 cm³/mol. The maximum atomic E-state index is 10.2. The van der Waals surface area contributed by atoms with Crippen molar-refractivity contribution in [2.75, 3.05) is 46.5 Å². The lowest BCUT2D eigenvalue weighted by molar-refractivity contribution is -0.00834. The van der Waals surface area contributed by atoms with Crippen molar-refractivity contribution in [3.8, 4) is 11.5 Å². The second-order valence-corrected chi connectivity index (χ2v) is 6.93. The molecule has 1 fully saturated rings. The van der Waals surface area contributed by atoms with Crippen molar-refractivity contribution in [3.63, 3.8) is 0 Å². The standard InChI is InChI=1S/C19H32N4O3.HI/c1-5-20-18(21-13-15-7-6-8-16(25-4)17(15)24)22-14-19(2,3)23-9-11-26-12-10-23;/h6-8,24H,5,9-14H2,1-4H3,(H2,20,21,22);1H. The fraction of sp³-hybridized carbons (Fsp3) is 0.632. The molecule has 0 spiro atoms. The topological polar surface area (TPSA) is 78.4 Å². The highest BCUT2D eigenvalue weighted by molar-refractivity contribution is 14.0. The van der Waals surface area contributed by atoms with E-state index in [1.54, 1.807) is 13.2 Å². The molecular weight excluding hydrogens is 459 g/mol. The van der Waals surface area contributed by atoms with E-state index in [4.69, 9.17) is 9.47 Å². The van der Waals surface area contributed by atoms with E-state index in [0.717, 1.165) is 50.9 Å². The summed E-state index contributed by atoms with van der Waals surface area (Å²) in [6.07, 6.45) is 0. The number of hydrogen-bond acceptors (Lipinski definition) is 5. The van der Waals surface area contributed by atoms with Crippen LogP contribution in [0.25, 0.3) is 0 Å². The number of ether oxygens (including phenoxy) is 2. The van der Waals surface area contributed by atoms with Crippen LogP contribution in [0.5, 0.6) is 11.5 Å². The smallest absolute Gasteiger partial charge is 0.191 e. The second kappa shape index (κ2) is 11.6. The fourth-order valence-corrected chi connectivity index (χ4v) is 2.95. The van der Waals surface area contributed by atoms with E-state index >= 15 is 0 Å². The average Bonchev–Trinajstić information content (AvgIpc) is 2.65. The van der Waals surface area contributed by atoms with Crippen LogP contribution in [-0.2, 0) is 11.3 Å². The van der Waals surface area contributed by atoms with Gasteiger partial charge < -0.3 is 25.2 Å². The fourth-order valence-electron chi connectivity index (χ4n) is 2.95. The summed E-state index contributed by atoms with van der Waals surface area (Å²) in [5.74, 6) is 1.34.